The molecule has 0 aliphatic heterocycles. The fourth-order valence-electron chi connectivity index (χ4n) is 3.33. The van der Waals surface area contributed by atoms with Crippen LogP contribution in [0.4, 0.5) is 11.4 Å². The Hall–Kier alpha value is -2.09. The van der Waals surface area contributed by atoms with E-state index in [1.54, 1.807) is 13.8 Å². The molecule has 0 heterocycles. The molecule has 0 spiro atoms. The summed E-state index contributed by atoms with van der Waals surface area (Å²) in [5.74, 6) is -0.458. The zero-order valence-electron chi connectivity index (χ0n) is 18.1. The summed E-state index contributed by atoms with van der Waals surface area (Å²) in [5.41, 5.74) is 1.79. The van der Waals surface area contributed by atoms with Gasteiger partial charge < -0.3 is 10.2 Å². The first-order valence-corrected chi connectivity index (χ1v) is 11.9. The van der Waals surface area contributed by atoms with Crippen molar-refractivity contribution in [3.8, 4) is 0 Å². The molecule has 2 aromatic rings. The Labute approximate surface area is 184 Å². The smallest absolute Gasteiger partial charge is 0.257 e. The minimum atomic E-state index is -3.68. The number of nitrogens with zero attached hydrogens (tertiary/aromatic N) is 2. The second kappa shape index (κ2) is 10.3. The fourth-order valence-corrected chi connectivity index (χ4v) is 5.02. The van der Waals surface area contributed by atoms with Gasteiger partial charge in [0.05, 0.1) is 15.5 Å². The topological polar surface area (TPSA) is 69.7 Å². The summed E-state index contributed by atoms with van der Waals surface area (Å²) in [6.45, 7) is 11.5. The van der Waals surface area contributed by atoms with Crippen LogP contribution in [0, 0.1) is 0 Å². The normalized spacial score (nSPS) is 11.7. The lowest BCUT2D eigenvalue weighted by molar-refractivity contribution is 0.102. The Morgan fingerprint density at radius 2 is 1.60 bits per heavy atom. The first kappa shape index (κ1) is 24.2. The van der Waals surface area contributed by atoms with Gasteiger partial charge in [-0.05, 0) is 63.2 Å². The molecular formula is C22H30ClN3O3S. The first-order valence-electron chi connectivity index (χ1n) is 10.1. The largest absolute Gasteiger partial charge is 0.369 e. The molecule has 0 saturated carbocycles. The fraction of sp³-hybridized carbons (Fsp3) is 0.409. The number of benzene rings is 2. The number of rotatable bonds is 9. The minimum Gasteiger partial charge on any atom is -0.369 e. The van der Waals surface area contributed by atoms with Gasteiger partial charge in [-0.3, -0.25) is 4.79 Å². The summed E-state index contributed by atoms with van der Waals surface area (Å²) < 4.78 is 26.9. The van der Waals surface area contributed by atoms with E-state index < -0.39 is 15.9 Å². The maximum Gasteiger partial charge on any atom is 0.257 e. The molecule has 0 radical (unpaired) electrons. The Bertz CT molecular complexity index is 972. The second-order valence-electron chi connectivity index (χ2n) is 7.11. The third-order valence-electron chi connectivity index (χ3n) is 4.95. The highest BCUT2D eigenvalue weighted by molar-refractivity contribution is 7.89. The van der Waals surface area contributed by atoms with Crippen molar-refractivity contribution in [2.45, 2.75) is 45.6 Å². The molecule has 2 aromatic carbocycles. The van der Waals surface area contributed by atoms with Crippen molar-refractivity contribution >= 4 is 38.9 Å². The number of amides is 1. The van der Waals surface area contributed by atoms with Crippen molar-refractivity contribution in [2.75, 3.05) is 29.9 Å². The minimum absolute atomic E-state index is 0.0478. The van der Waals surface area contributed by atoms with Crippen LogP contribution in [0.3, 0.4) is 0 Å². The average molecular weight is 452 g/mol. The summed E-state index contributed by atoms with van der Waals surface area (Å²) in [6.07, 6.45) is 0. The van der Waals surface area contributed by atoms with Crippen LogP contribution in [0.25, 0.3) is 0 Å². The molecule has 0 atom stereocenters. The molecule has 0 aromatic heterocycles. The highest BCUT2D eigenvalue weighted by atomic mass is 35.5. The number of sulfonamides is 1. The number of hydrogen-bond acceptors (Lipinski definition) is 4. The van der Waals surface area contributed by atoms with E-state index >= 15 is 0 Å². The van der Waals surface area contributed by atoms with Gasteiger partial charge in [-0.1, -0.05) is 25.4 Å². The standard InChI is InChI=1S/C22H30ClN3O3S/c1-6-25(7-2)30(28,29)19-13-14-21(23)20(15-19)22(27)24-17-9-11-18(12-10-17)26(8-3)16(4)5/h9-16H,6-8H2,1-5H3,(H,24,27). The van der Waals surface area contributed by atoms with E-state index in [0.717, 1.165) is 12.2 Å². The summed E-state index contributed by atoms with van der Waals surface area (Å²) >= 11 is 6.20. The SMILES string of the molecule is CCN(c1ccc(NC(=O)c2cc(S(=O)(=O)N(CC)CC)ccc2Cl)cc1)C(C)C. The average Bonchev–Trinajstić information content (AvgIpc) is 2.70. The van der Waals surface area contributed by atoms with E-state index in [2.05, 4.69) is 31.0 Å². The molecule has 0 fully saturated rings. The van der Waals surface area contributed by atoms with Crippen LogP contribution in [0.15, 0.2) is 47.4 Å². The lowest BCUT2D eigenvalue weighted by atomic mass is 10.2. The quantitative estimate of drug-likeness (QED) is 0.591. The molecule has 1 N–H and O–H groups in total. The zero-order chi connectivity index (χ0) is 22.5. The molecule has 0 bridgehead atoms. The molecule has 1 amide bonds. The zero-order valence-corrected chi connectivity index (χ0v) is 19.7. The lowest BCUT2D eigenvalue weighted by Crippen LogP contribution is -2.30. The van der Waals surface area contributed by atoms with Crippen molar-refractivity contribution in [1.82, 2.24) is 4.31 Å². The monoisotopic (exact) mass is 451 g/mol. The van der Waals surface area contributed by atoms with Crippen LogP contribution < -0.4 is 10.2 Å². The van der Waals surface area contributed by atoms with E-state index in [1.165, 1.54) is 22.5 Å². The summed E-state index contributed by atoms with van der Waals surface area (Å²) in [4.78, 5) is 15.1. The molecule has 2 rings (SSSR count). The number of carbonyl (C=O) groups is 1. The molecule has 30 heavy (non-hydrogen) atoms. The highest BCUT2D eigenvalue weighted by Gasteiger charge is 2.24. The summed E-state index contributed by atoms with van der Waals surface area (Å²) in [7, 11) is -3.68. The summed E-state index contributed by atoms with van der Waals surface area (Å²) in [5, 5.41) is 2.99. The maximum atomic E-state index is 12.8. The van der Waals surface area contributed by atoms with Crippen LogP contribution in [-0.2, 0) is 10.0 Å². The predicted molar refractivity (Wildman–Crippen MR) is 124 cm³/mol. The summed E-state index contributed by atoms with van der Waals surface area (Å²) in [6, 6.07) is 12.1. The van der Waals surface area contributed by atoms with E-state index in [-0.39, 0.29) is 15.5 Å². The van der Waals surface area contributed by atoms with Gasteiger partial charge in [0, 0.05) is 37.1 Å². The van der Waals surface area contributed by atoms with Gasteiger partial charge in [0.15, 0.2) is 0 Å². The number of anilines is 2. The van der Waals surface area contributed by atoms with Gasteiger partial charge in [-0.15, -0.1) is 0 Å². The first-order chi connectivity index (χ1) is 14.1. The van der Waals surface area contributed by atoms with Crippen LogP contribution >= 0.6 is 11.6 Å². The Morgan fingerprint density at radius 1 is 1.00 bits per heavy atom. The van der Waals surface area contributed by atoms with Crippen LogP contribution in [0.1, 0.15) is 45.0 Å². The second-order valence-corrected chi connectivity index (χ2v) is 9.46. The lowest BCUT2D eigenvalue weighted by Gasteiger charge is -2.27. The Morgan fingerprint density at radius 3 is 2.10 bits per heavy atom. The molecule has 6 nitrogen and oxygen atoms in total. The number of halogens is 1. The van der Waals surface area contributed by atoms with Crippen molar-refractivity contribution < 1.29 is 13.2 Å². The Balaban J connectivity index is 2.27. The number of carbonyl (C=O) groups excluding carboxylic acids is 1. The number of nitrogens with one attached hydrogen (secondary N) is 1. The third-order valence-corrected chi connectivity index (χ3v) is 7.32. The van der Waals surface area contributed by atoms with E-state index in [1.807, 2.05) is 24.3 Å². The van der Waals surface area contributed by atoms with Crippen molar-refractivity contribution in [2.24, 2.45) is 0 Å². The molecule has 0 aliphatic carbocycles. The van der Waals surface area contributed by atoms with Gasteiger partial charge in [0.2, 0.25) is 10.0 Å². The van der Waals surface area contributed by atoms with Gasteiger partial charge >= 0.3 is 0 Å². The molecular weight excluding hydrogens is 422 g/mol. The Kier molecular flexibility index (Phi) is 8.29. The van der Waals surface area contributed by atoms with Crippen LogP contribution in [0.2, 0.25) is 5.02 Å². The van der Waals surface area contributed by atoms with E-state index in [4.69, 9.17) is 11.6 Å². The van der Waals surface area contributed by atoms with Crippen molar-refractivity contribution in [3.05, 3.63) is 53.1 Å². The molecule has 0 saturated heterocycles. The molecule has 0 aliphatic rings. The maximum absolute atomic E-state index is 12.8. The van der Waals surface area contributed by atoms with Gasteiger partial charge in [-0.25, -0.2) is 8.42 Å². The van der Waals surface area contributed by atoms with Crippen molar-refractivity contribution in [3.63, 3.8) is 0 Å². The van der Waals surface area contributed by atoms with E-state index in [0.29, 0.717) is 24.8 Å². The van der Waals surface area contributed by atoms with Gasteiger partial charge in [0.1, 0.15) is 0 Å². The van der Waals surface area contributed by atoms with Crippen molar-refractivity contribution in [1.29, 1.82) is 0 Å². The third kappa shape index (κ3) is 5.33. The number of hydrogen-bond donors (Lipinski definition) is 1. The highest BCUT2D eigenvalue weighted by Crippen LogP contribution is 2.25. The van der Waals surface area contributed by atoms with Crippen LogP contribution in [0.5, 0.6) is 0 Å². The molecule has 8 heteroatoms. The van der Waals surface area contributed by atoms with E-state index in [9.17, 15) is 13.2 Å². The van der Waals surface area contributed by atoms with Crippen LogP contribution in [-0.4, -0.2) is 44.3 Å². The molecule has 164 valence electrons. The molecule has 0 unspecified atom stereocenters. The van der Waals surface area contributed by atoms with Gasteiger partial charge in [-0.2, -0.15) is 4.31 Å². The predicted octanol–water partition coefficient (Wildman–Crippen LogP) is 4.86. The van der Waals surface area contributed by atoms with Gasteiger partial charge in [0.25, 0.3) is 5.91 Å².